The number of fused-ring (bicyclic) bond motifs is 1. The molecule has 0 bridgehead atoms. The third-order valence-corrected chi connectivity index (χ3v) is 2.91. The van der Waals surface area contributed by atoms with E-state index in [0.29, 0.717) is 12.5 Å². The Bertz CT molecular complexity index is 490. The number of rotatable bonds is 2. The molecule has 15 heavy (non-hydrogen) atoms. The summed E-state index contributed by atoms with van der Waals surface area (Å²) >= 11 is 6.04. The first kappa shape index (κ1) is 10.5. The molecule has 1 aromatic heterocycles. The fourth-order valence-corrected chi connectivity index (χ4v) is 2.02. The predicted octanol–water partition coefficient (Wildman–Crippen LogP) is 2.29. The first-order valence-electron chi connectivity index (χ1n) is 4.94. The quantitative estimate of drug-likeness (QED) is 0.849. The van der Waals surface area contributed by atoms with E-state index in [1.807, 2.05) is 23.7 Å². The minimum absolute atomic E-state index is 0.293. The molecule has 0 aliphatic carbocycles. The van der Waals surface area contributed by atoms with Crippen LogP contribution in [0.5, 0.6) is 0 Å². The third-order valence-electron chi connectivity index (χ3n) is 2.69. The second kappa shape index (κ2) is 3.83. The van der Waals surface area contributed by atoms with Crippen molar-refractivity contribution in [2.45, 2.75) is 12.8 Å². The van der Waals surface area contributed by atoms with Crippen LogP contribution >= 0.6 is 11.6 Å². The van der Waals surface area contributed by atoms with Crippen molar-refractivity contribution in [1.29, 1.82) is 0 Å². The van der Waals surface area contributed by atoms with E-state index in [4.69, 9.17) is 17.3 Å². The molecule has 0 aliphatic rings. The number of benzene rings is 1. The van der Waals surface area contributed by atoms with Crippen molar-refractivity contribution >= 4 is 22.6 Å². The van der Waals surface area contributed by atoms with Gasteiger partial charge < -0.3 is 10.3 Å². The Kier molecular flexibility index (Phi) is 2.67. The fourth-order valence-electron chi connectivity index (χ4n) is 1.80. The number of halogens is 1. The lowest BCUT2D eigenvalue weighted by molar-refractivity contribution is 0.773. The molecular weight excluding hydrogens is 210 g/mol. The van der Waals surface area contributed by atoms with Crippen molar-refractivity contribution in [2.75, 3.05) is 6.54 Å². The molecule has 2 rings (SSSR count). The predicted molar refractivity (Wildman–Crippen MR) is 63.2 cm³/mol. The number of hydrogen-bond acceptors (Lipinski definition) is 2. The Labute approximate surface area is 93.9 Å². The van der Waals surface area contributed by atoms with E-state index in [1.165, 1.54) is 5.56 Å². The Hall–Kier alpha value is -1.06. The van der Waals surface area contributed by atoms with Crippen LogP contribution in [0.15, 0.2) is 18.5 Å². The first-order chi connectivity index (χ1) is 7.13. The maximum Gasteiger partial charge on any atom is 0.0955 e. The van der Waals surface area contributed by atoms with Gasteiger partial charge in [0.05, 0.1) is 17.4 Å². The van der Waals surface area contributed by atoms with Gasteiger partial charge in [0.15, 0.2) is 0 Å². The van der Waals surface area contributed by atoms with Crippen molar-refractivity contribution < 1.29 is 0 Å². The third kappa shape index (κ3) is 1.73. The standard InChI is InChI=1S/C11H14ClN3/c1-7(5-13)9-3-8(12)4-10-11(9)15(2)6-14-10/h3-4,6-7H,5,13H2,1-2H3. The van der Waals surface area contributed by atoms with E-state index < -0.39 is 0 Å². The molecule has 0 saturated carbocycles. The van der Waals surface area contributed by atoms with Crippen LogP contribution in [0.1, 0.15) is 18.4 Å². The summed E-state index contributed by atoms with van der Waals surface area (Å²) in [6.07, 6.45) is 1.80. The molecule has 1 heterocycles. The van der Waals surface area contributed by atoms with Crippen molar-refractivity contribution in [3.8, 4) is 0 Å². The fraction of sp³-hybridized carbons (Fsp3) is 0.364. The second-order valence-electron chi connectivity index (χ2n) is 3.85. The van der Waals surface area contributed by atoms with E-state index in [0.717, 1.165) is 16.1 Å². The van der Waals surface area contributed by atoms with Crippen molar-refractivity contribution in [1.82, 2.24) is 9.55 Å². The van der Waals surface area contributed by atoms with Gasteiger partial charge in [-0.2, -0.15) is 0 Å². The van der Waals surface area contributed by atoms with Gasteiger partial charge in [-0.1, -0.05) is 18.5 Å². The monoisotopic (exact) mass is 223 g/mol. The summed E-state index contributed by atoms with van der Waals surface area (Å²) in [6.45, 7) is 2.71. The van der Waals surface area contributed by atoms with E-state index in [2.05, 4.69) is 11.9 Å². The van der Waals surface area contributed by atoms with Gasteiger partial charge in [0.25, 0.3) is 0 Å². The summed E-state index contributed by atoms with van der Waals surface area (Å²) in [5, 5.41) is 0.719. The van der Waals surface area contributed by atoms with Crippen LogP contribution in [0.4, 0.5) is 0 Å². The van der Waals surface area contributed by atoms with Crippen molar-refractivity contribution in [3.63, 3.8) is 0 Å². The van der Waals surface area contributed by atoms with Crippen LogP contribution in [0.2, 0.25) is 5.02 Å². The Morgan fingerprint density at radius 1 is 1.53 bits per heavy atom. The Morgan fingerprint density at radius 3 is 2.93 bits per heavy atom. The summed E-state index contributed by atoms with van der Waals surface area (Å²) in [5.74, 6) is 0.293. The van der Waals surface area contributed by atoms with Gasteiger partial charge >= 0.3 is 0 Å². The minimum Gasteiger partial charge on any atom is -0.333 e. The zero-order valence-corrected chi connectivity index (χ0v) is 9.62. The van der Waals surface area contributed by atoms with Crippen molar-refractivity contribution in [3.05, 3.63) is 29.0 Å². The molecule has 0 amide bonds. The number of imidazole rings is 1. The smallest absolute Gasteiger partial charge is 0.0955 e. The number of nitrogens with zero attached hydrogens (tertiary/aromatic N) is 2. The molecule has 80 valence electrons. The lowest BCUT2D eigenvalue weighted by atomic mass is 10.00. The van der Waals surface area contributed by atoms with Gasteiger partial charge in [-0.3, -0.25) is 0 Å². The minimum atomic E-state index is 0.293. The molecule has 1 unspecified atom stereocenters. The highest BCUT2D eigenvalue weighted by Crippen LogP contribution is 2.27. The summed E-state index contributed by atoms with van der Waals surface area (Å²) in [6, 6.07) is 3.85. The van der Waals surface area contributed by atoms with E-state index in [9.17, 15) is 0 Å². The largest absolute Gasteiger partial charge is 0.333 e. The molecule has 4 heteroatoms. The zero-order valence-electron chi connectivity index (χ0n) is 8.87. The summed E-state index contributed by atoms with van der Waals surface area (Å²) in [5.41, 5.74) is 8.91. The molecule has 0 radical (unpaired) electrons. The molecule has 1 atom stereocenters. The Morgan fingerprint density at radius 2 is 2.27 bits per heavy atom. The van der Waals surface area contributed by atoms with Gasteiger partial charge in [-0.25, -0.2) is 4.98 Å². The van der Waals surface area contributed by atoms with Gasteiger partial charge in [-0.15, -0.1) is 0 Å². The molecule has 1 aromatic carbocycles. The Balaban J connectivity index is 2.74. The zero-order chi connectivity index (χ0) is 11.0. The lowest BCUT2D eigenvalue weighted by Crippen LogP contribution is -2.10. The van der Waals surface area contributed by atoms with Gasteiger partial charge in [0.2, 0.25) is 0 Å². The maximum absolute atomic E-state index is 6.04. The van der Waals surface area contributed by atoms with E-state index >= 15 is 0 Å². The highest BCUT2D eigenvalue weighted by molar-refractivity contribution is 6.31. The number of nitrogens with two attached hydrogens (primary N) is 1. The molecule has 3 nitrogen and oxygen atoms in total. The van der Waals surface area contributed by atoms with Crippen LogP contribution in [-0.2, 0) is 7.05 Å². The molecule has 0 aliphatic heterocycles. The second-order valence-corrected chi connectivity index (χ2v) is 4.29. The van der Waals surface area contributed by atoms with Crippen LogP contribution < -0.4 is 5.73 Å². The number of aryl methyl sites for hydroxylation is 1. The van der Waals surface area contributed by atoms with Crippen LogP contribution in [-0.4, -0.2) is 16.1 Å². The highest BCUT2D eigenvalue weighted by atomic mass is 35.5. The molecule has 0 fully saturated rings. The number of aromatic nitrogens is 2. The first-order valence-corrected chi connectivity index (χ1v) is 5.31. The highest BCUT2D eigenvalue weighted by Gasteiger charge is 2.12. The summed E-state index contributed by atoms with van der Waals surface area (Å²) in [7, 11) is 1.98. The summed E-state index contributed by atoms with van der Waals surface area (Å²) < 4.78 is 2.01. The van der Waals surface area contributed by atoms with Gasteiger partial charge in [-0.05, 0) is 30.2 Å². The lowest BCUT2D eigenvalue weighted by Gasteiger charge is -2.12. The van der Waals surface area contributed by atoms with E-state index in [-0.39, 0.29) is 0 Å². The SMILES string of the molecule is CC(CN)c1cc(Cl)cc2ncn(C)c12. The van der Waals surface area contributed by atoms with Gasteiger partial charge in [0.1, 0.15) is 0 Å². The van der Waals surface area contributed by atoms with Crippen molar-refractivity contribution in [2.24, 2.45) is 12.8 Å². The number of hydrogen-bond donors (Lipinski definition) is 1. The average Bonchev–Trinajstić information content (AvgIpc) is 2.58. The molecule has 0 spiro atoms. The normalized spacial score (nSPS) is 13.3. The van der Waals surface area contributed by atoms with Crippen LogP contribution in [0.3, 0.4) is 0 Å². The molecular formula is C11H14ClN3. The molecule has 0 saturated heterocycles. The molecule has 2 N–H and O–H groups in total. The average molecular weight is 224 g/mol. The molecule has 2 aromatic rings. The maximum atomic E-state index is 6.04. The van der Waals surface area contributed by atoms with Crippen LogP contribution in [0.25, 0.3) is 11.0 Å². The summed E-state index contributed by atoms with van der Waals surface area (Å²) in [4.78, 5) is 4.29. The van der Waals surface area contributed by atoms with Gasteiger partial charge in [0, 0.05) is 12.1 Å². The van der Waals surface area contributed by atoms with E-state index in [1.54, 1.807) is 6.33 Å². The topological polar surface area (TPSA) is 43.8 Å². The van der Waals surface area contributed by atoms with Crippen LogP contribution in [0, 0.1) is 0 Å².